The van der Waals surface area contributed by atoms with Crippen LogP contribution < -0.4 is 5.32 Å². The lowest BCUT2D eigenvalue weighted by Gasteiger charge is -2.33. The van der Waals surface area contributed by atoms with Gasteiger partial charge < -0.3 is 20.4 Å². The number of hydrogen-bond acceptors (Lipinski definition) is 4. The van der Waals surface area contributed by atoms with Gasteiger partial charge in [-0.1, -0.05) is 0 Å². The van der Waals surface area contributed by atoms with Gasteiger partial charge in [-0.2, -0.15) is 0 Å². The van der Waals surface area contributed by atoms with E-state index in [-0.39, 0.29) is 12.1 Å². The van der Waals surface area contributed by atoms with Crippen LogP contribution >= 0.6 is 0 Å². The molecule has 0 spiro atoms. The van der Waals surface area contributed by atoms with Crippen molar-refractivity contribution in [2.45, 2.75) is 25.5 Å². The van der Waals surface area contributed by atoms with Crippen LogP contribution in [0.1, 0.15) is 13.8 Å². The van der Waals surface area contributed by atoms with Gasteiger partial charge in [-0.3, -0.25) is 0 Å². The lowest BCUT2D eigenvalue weighted by Crippen LogP contribution is -2.48. The van der Waals surface area contributed by atoms with Crippen LogP contribution in [0.2, 0.25) is 0 Å². The zero-order valence-corrected chi connectivity index (χ0v) is 9.04. The Morgan fingerprint density at radius 1 is 1.38 bits per heavy atom. The molecule has 0 aliphatic rings. The number of aliphatic hydroxyl groups excluding tert-OH is 2. The first-order valence-electron chi connectivity index (χ1n) is 4.57. The van der Waals surface area contributed by atoms with Crippen molar-refractivity contribution >= 4 is 0 Å². The summed E-state index contributed by atoms with van der Waals surface area (Å²) >= 11 is 0. The number of likely N-dealkylation sites (N-methyl/N-ethyl adjacent to an activating group) is 1. The second-order valence-electron chi connectivity index (χ2n) is 4.17. The summed E-state index contributed by atoms with van der Waals surface area (Å²) in [5.74, 6) is 0. The van der Waals surface area contributed by atoms with Crippen LogP contribution in [-0.2, 0) is 0 Å². The van der Waals surface area contributed by atoms with E-state index in [1.807, 2.05) is 14.1 Å². The molecule has 1 atom stereocenters. The Balaban J connectivity index is 3.63. The molecule has 0 fully saturated rings. The number of aliphatic hydroxyl groups is 2. The molecule has 0 rings (SSSR count). The third-order valence-electron chi connectivity index (χ3n) is 2.36. The maximum atomic E-state index is 9.07. The second kappa shape index (κ2) is 5.54. The second-order valence-corrected chi connectivity index (χ2v) is 4.17. The molecule has 80 valence electrons. The fourth-order valence-electron chi connectivity index (χ4n) is 0.767. The van der Waals surface area contributed by atoms with Crippen molar-refractivity contribution in [3.05, 3.63) is 0 Å². The van der Waals surface area contributed by atoms with Gasteiger partial charge in [0, 0.05) is 18.6 Å². The highest BCUT2D eigenvalue weighted by Gasteiger charge is 2.19. The van der Waals surface area contributed by atoms with E-state index >= 15 is 0 Å². The summed E-state index contributed by atoms with van der Waals surface area (Å²) in [4.78, 5) is 2.12. The summed E-state index contributed by atoms with van der Waals surface area (Å²) in [5.41, 5.74) is 0.0647. The molecule has 4 heteroatoms. The van der Waals surface area contributed by atoms with Crippen LogP contribution in [0.4, 0.5) is 0 Å². The monoisotopic (exact) mass is 190 g/mol. The molecular weight excluding hydrogens is 168 g/mol. The minimum atomic E-state index is -0.655. The van der Waals surface area contributed by atoms with Crippen LogP contribution in [0, 0.1) is 0 Å². The summed E-state index contributed by atoms with van der Waals surface area (Å²) in [6.45, 7) is 5.27. The Morgan fingerprint density at radius 3 is 2.31 bits per heavy atom. The molecule has 0 heterocycles. The smallest absolute Gasteiger partial charge is 0.0894 e. The lowest BCUT2D eigenvalue weighted by molar-refractivity contribution is 0.0894. The van der Waals surface area contributed by atoms with Crippen molar-refractivity contribution in [2.24, 2.45) is 0 Å². The summed E-state index contributed by atoms with van der Waals surface area (Å²) in [7, 11) is 4.04. The predicted molar refractivity (Wildman–Crippen MR) is 53.7 cm³/mol. The molecule has 0 radical (unpaired) electrons. The molecule has 0 aromatic heterocycles. The van der Waals surface area contributed by atoms with Crippen LogP contribution in [0.3, 0.4) is 0 Å². The van der Waals surface area contributed by atoms with Gasteiger partial charge in [0.05, 0.1) is 12.7 Å². The van der Waals surface area contributed by atoms with Gasteiger partial charge in [0.2, 0.25) is 0 Å². The molecule has 1 unspecified atom stereocenters. The average molecular weight is 190 g/mol. The Morgan fingerprint density at radius 2 is 1.92 bits per heavy atom. The van der Waals surface area contributed by atoms with Crippen LogP contribution in [0.5, 0.6) is 0 Å². The van der Waals surface area contributed by atoms with Crippen molar-refractivity contribution in [1.29, 1.82) is 0 Å². The molecule has 3 N–H and O–H groups in total. The average Bonchev–Trinajstić information content (AvgIpc) is 2.03. The fourth-order valence-corrected chi connectivity index (χ4v) is 0.767. The summed E-state index contributed by atoms with van der Waals surface area (Å²) < 4.78 is 0. The molecule has 0 aliphatic heterocycles. The molecule has 13 heavy (non-hydrogen) atoms. The van der Waals surface area contributed by atoms with Gasteiger partial charge in [-0.15, -0.1) is 0 Å². The quantitative estimate of drug-likeness (QED) is 0.517. The molecule has 0 saturated carbocycles. The van der Waals surface area contributed by atoms with E-state index in [2.05, 4.69) is 24.1 Å². The van der Waals surface area contributed by atoms with Gasteiger partial charge in [0.25, 0.3) is 0 Å². The predicted octanol–water partition coefficient (Wildman–Crippen LogP) is -0.731. The van der Waals surface area contributed by atoms with Crippen LogP contribution in [0.25, 0.3) is 0 Å². The summed E-state index contributed by atoms with van der Waals surface area (Å²) in [5, 5.41) is 20.7. The van der Waals surface area contributed by atoms with E-state index in [4.69, 9.17) is 10.2 Å². The van der Waals surface area contributed by atoms with E-state index in [1.165, 1.54) is 0 Å². The fraction of sp³-hybridized carbons (Fsp3) is 1.00. The summed E-state index contributed by atoms with van der Waals surface area (Å²) in [6, 6.07) is 0. The van der Waals surface area contributed by atoms with Gasteiger partial charge >= 0.3 is 0 Å². The van der Waals surface area contributed by atoms with Crippen LogP contribution in [-0.4, -0.2) is 60.5 Å². The molecule has 0 bridgehead atoms. The largest absolute Gasteiger partial charge is 0.394 e. The zero-order valence-electron chi connectivity index (χ0n) is 9.04. The first-order chi connectivity index (χ1) is 5.90. The highest BCUT2D eigenvalue weighted by molar-refractivity contribution is 4.79. The number of nitrogens with zero attached hydrogens (tertiary/aromatic N) is 1. The Bertz CT molecular complexity index is 138. The standard InChI is InChI=1S/C9H22N2O2/c1-9(2,11(3)4)7-10-5-8(13)6-12/h8,10,12-13H,5-7H2,1-4H3. The normalized spacial score (nSPS) is 15.0. The highest BCUT2D eigenvalue weighted by atomic mass is 16.3. The van der Waals surface area contributed by atoms with E-state index in [0.29, 0.717) is 6.54 Å². The van der Waals surface area contributed by atoms with E-state index < -0.39 is 6.10 Å². The Labute approximate surface area is 80.6 Å². The Kier molecular flexibility index (Phi) is 5.48. The minimum Gasteiger partial charge on any atom is -0.394 e. The van der Waals surface area contributed by atoms with Gasteiger partial charge in [-0.25, -0.2) is 0 Å². The Hall–Kier alpha value is -0.160. The highest BCUT2D eigenvalue weighted by Crippen LogP contribution is 2.07. The molecule has 4 nitrogen and oxygen atoms in total. The van der Waals surface area contributed by atoms with Gasteiger partial charge in [0.15, 0.2) is 0 Å². The zero-order chi connectivity index (χ0) is 10.5. The number of nitrogens with one attached hydrogen (secondary N) is 1. The van der Waals surface area contributed by atoms with Crippen molar-refractivity contribution in [2.75, 3.05) is 33.8 Å². The van der Waals surface area contributed by atoms with E-state index in [1.54, 1.807) is 0 Å². The SMILES string of the molecule is CN(C)C(C)(C)CNCC(O)CO. The van der Waals surface area contributed by atoms with E-state index in [0.717, 1.165) is 6.54 Å². The molecule has 0 aromatic carbocycles. The first-order valence-corrected chi connectivity index (χ1v) is 4.57. The molecular formula is C9H22N2O2. The minimum absolute atomic E-state index is 0.0647. The third kappa shape index (κ3) is 5.21. The topological polar surface area (TPSA) is 55.7 Å². The lowest BCUT2D eigenvalue weighted by atomic mass is 10.0. The van der Waals surface area contributed by atoms with Crippen molar-refractivity contribution < 1.29 is 10.2 Å². The van der Waals surface area contributed by atoms with Gasteiger partial charge in [0.1, 0.15) is 0 Å². The van der Waals surface area contributed by atoms with Crippen molar-refractivity contribution in [1.82, 2.24) is 10.2 Å². The maximum absolute atomic E-state index is 9.07. The number of rotatable bonds is 6. The van der Waals surface area contributed by atoms with E-state index in [9.17, 15) is 0 Å². The maximum Gasteiger partial charge on any atom is 0.0894 e. The molecule has 0 aliphatic carbocycles. The van der Waals surface area contributed by atoms with Gasteiger partial charge in [-0.05, 0) is 27.9 Å². The first kappa shape index (κ1) is 12.8. The number of hydrogen-bond donors (Lipinski definition) is 3. The van der Waals surface area contributed by atoms with Crippen molar-refractivity contribution in [3.63, 3.8) is 0 Å². The summed E-state index contributed by atoms with van der Waals surface area (Å²) in [6.07, 6.45) is -0.655. The molecule has 0 saturated heterocycles. The van der Waals surface area contributed by atoms with Crippen molar-refractivity contribution in [3.8, 4) is 0 Å². The molecule has 0 aromatic rings. The third-order valence-corrected chi connectivity index (χ3v) is 2.36. The molecule has 0 amide bonds. The van der Waals surface area contributed by atoms with Crippen LogP contribution in [0.15, 0.2) is 0 Å².